The highest BCUT2D eigenvalue weighted by Crippen LogP contribution is 2.44. The molecule has 1 saturated carbocycles. The van der Waals surface area contributed by atoms with Gasteiger partial charge in [0, 0.05) is 17.6 Å². The van der Waals surface area contributed by atoms with Crippen molar-refractivity contribution in [2.75, 3.05) is 12.4 Å². The number of nitrogens with one attached hydrogen (secondary N) is 1. The Morgan fingerprint density at radius 2 is 2.06 bits per heavy atom. The fourth-order valence-electron chi connectivity index (χ4n) is 3.79. The van der Waals surface area contributed by atoms with Crippen LogP contribution < -0.4 is 10.1 Å². The lowest BCUT2D eigenvalue weighted by atomic mass is 9.71. The van der Waals surface area contributed by atoms with Crippen LogP contribution in [0.2, 0.25) is 0 Å². The van der Waals surface area contributed by atoms with E-state index in [1.807, 2.05) is 24.7 Å². The summed E-state index contributed by atoms with van der Waals surface area (Å²) >= 11 is 0. The second kappa shape index (κ2) is 7.88. The molecule has 31 heavy (non-hydrogen) atoms. The Bertz CT molecular complexity index is 1120. The SMILES string of the molecule is COc1cc2nn([C@H]3C[C@H](C(C)(C)O)C3)cc2cc1NC(=O)c1cccc(C(F)F)n1. The number of hydrogen-bond donors (Lipinski definition) is 2. The first-order valence-electron chi connectivity index (χ1n) is 10.0. The molecular formula is C22H24F2N4O3. The van der Waals surface area contributed by atoms with Crippen LogP contribution in [0.15, 0.2) is 36.5 Å². The van der Waals surface area contributed by atoms with Gasteiger partial charge in [-0.1, -0.05) is 6.07 Å². The maximum Gasteiger partial charge on any atom is 0.280 e. The number of amides is 1. The fraction of sp³-hybridized carbons (Fsp3) is 0.409. The van der Waals surface area contributed by atoms with Gasteiger partial charge in [0.25, 0.3) is 12.3 Å². The molecule has 0 saturated heterocycles. The number of hydrogen-bond acceptors (Lipinski definition) is 5. The van der Waals surface area contributed by atoms with Crippen LogP contribution in [0.1, 0.15) is 55.3 Å². The maximum atomic E-state index is 12.9. The van der Waals surface area contributed by atoms with Crippen molar-refractivity contribution in [1.82, 2.24) is 14.8 Å². The molecule has 1 aromatic carbocycles. The van der Waals surface area contributed by atoms with Crippen molar-refractivity contribution < 1.29 is 23.4 Å². The topological polar surface area (TPSA) is 89.3 Å². The highest BCUT2D eigenvalue weighted by Gasteiger charge is 2.40. The highest BCUT2D eigenvalue weighted by atomic mass is 19.3. The molecule has 1 fully saturated rings. The molecule has 0 atom stereocenters. The van der Waals surface area contributed by atoms with Gasteiger partial charge in [-0.2, -0.15) is 5.10 Å². The summed E-state index contributed by atoms with van der Waals surface area (Å²) in [6.45, 7) is 3.64. The van der Waals surface area contributed by atoms with Gasteiger partial charge in [-0.05, 0) is 50.8 Å². The van der Waals surface area contributed by atoms with Crippen molar-refractivity contribution in [3.63, 3.8) is 0 Å². The van der Waals surface area contributed by atoms with Gasteiger partial charge in [-0.3, -0.25) is 9.48 Å². The number of anilines is 1. The third-order valence-corrected chi connectivity index (χ3v) is 5.80. The Labute approximate surface area is 178 Å². The van der Waals surface area contributed by atoms with Crippen molar-refractivity contribution in [1.29, 1.82) is 0 Å². The predicted molar refractivity (Wildman–Crippen MR) is 111 cm³/mol. The number of ether oxygens (including phenoxy) is 1. The second-order valence-corrected chi connectivity index (χ2v) is 8.40. The van der Waals surface area contributed by atoms with Gasteiger partial charge in [0.2, 0.25) is 0 Å². The Hall–Kier alpha value is -3.07. The number of pyridine rings is 1. The smallest absolute Gasteiger partial charge is 0.280 e. The molecule has 0 unspecified atom stereocenters. The van der Waals surface area contributed by atoms with E-state index in [0.29, 0.717) is 17.0 Å². The van der Waals surface area contributed by atoms with Gasteiger partial charge in [0.1, 0.15) is 17.1 Å². The van der Waals surface area contributed by atoms with E-state index in [1.54, 1.807) is 12.1 Å². The van der Waals surface area contributed by atoms with E-state index in [9.17, 15) is 18.7 Å². The molecule has 0 radical (unpaired) electrons. The van der Waals surface area contributed by atoms with E-state index < -0.39 is 23.6 Å². The molecule has 2 heterocycles. The molecule has 7 nitrogen and oxygen atoms in total. The van der Waals surface area contributed by atoms with E-state index >= 15 is 0 Å². The van der Waals surface area contributed by atoms with Gasteiger partial charge in [0.05, 0.1) is 30.0 Å². The monoisotopic (exact) mass is 430 g/mol. The largest absolute Gasteiger partial charge is 0.494 e. The van der Waals surface area contributed by atoms with Crippen LogP contribution in [0.5, 0.6) is 5.75 Å². The van der Waals surface area contributed by atoms with E-state index in [4.69, 9.17) is 4.74 Å². The number of aliphatic hydroxyl groups is 1. The normalized spacial score (nSPS) is 18.8. The number of methoxy groups -OCH3 is 1. The average molecular weight is 430 g/mol. The quantitative estimate of drug-likeness (QED) is 0.607. The number of aromatic nitrogens is 3. The Balaban J connectivity index is 1.57. The average Bonchev–Trinajstić information content (AvgIpc) is 3.07. The van der Waals surface area contributed by atoms with Crippen LogP contribution in [0.4, 0.5) is 14.5 Å². The van der Waals surface area contributed by atoms with Crippen LogP contribution in [0, 0.1) is 5.92 Å². The molecule has 2 aromatic heterocycles. The zero-order valence-corrected chi connectivity index (χ0v) is 17.5. The number of carbonyl (C=O) groups excluding carboxylic acids is 1. The first-order valence-corrected chi connectivity index (χ1v) is 10.0. The van der Waals surface area contributed by atoms with Crippen LogP contribution >= 0.6 is 0 Å². The minimum absolute atomic E-state index is 0.109. The number of rotatable bonds is 6. The van der Waals surface area contributed by atoms with E-state index in [2.05, 4.69) is 15.4 Å². The molecule has 1 amide bonds. The molecule has 2 N–H and O–H groups in total. The van der Waals surface area contributed by atoms with Crippen molar-refractivity contribution in [3.05, 3.63) is 47.9 Å². The van der Waals surface area contributed by atoms with Gasteiger partial charge in [-0.25, -0.2) is 13.8 Å². The number of nitrogens with zero attached hydrogens (tertiary/aromatic N) is 3. The van der Waals surface area contributed by atoms with Gasteiger partial charge < -0.3 is 15.2 Å². The summed E-state index contributed by atoms with van der Waals surface area (Å²) in [7, 11) is 1.48. The fourth-order valence-corrected chi connectivity index (χ4v) is 3.79. The number of halogens is 2. The second-order valence-electron chi connectivity index (χ2n) is 8.40. The number of carbonyl (C=O) groups is 1. The van der Waals surface area contributed by atoms with Gasteiger partial charge >= 0.3 is 0 Å². The zero-order chi connectivity index (χ0) is 22.3. The standard InChI is InChI=1S/C22H24F2N4O3/c1-22(2,30)13-8-14(9-13)28-11-12-7-18(19(31-3)10-17(12)27-28)26-21(29)16-6-4-5-15(25-16)20(23)24/h4-7,10-11,13-14,20,30H,8-9H2,1-3H3,(H,26,29)/t13-,14-. The minimum atomic E-state index is -2.76. The Morgan fingerprint density at radius 3 is 2.71 bits per heavy atom. The summed E-state index contributed by atoms with van der Waals surface area (Å²) in [5, 5.41) is 18.2. The molecule has 3 aromatic rings. The minimum Gasteiger partial charge on any atom is -0.494 e. The van der Waals surface area contributed by atoms with Crippen LogP contribution in [-0.2, 0) is 0 Å². The summed E-state index contributed by atoms with van der Waals surface area (Å²) in [6.07, 6.45) is 0.812. The van der Waals surface area contributed by atoms with Gasteiger partial charge in [0.15, 0.2) is 0 Å². The molecule has 1 aliphatic rings. The summed E-state index contributed by atoms with van der Waals surface area (Å²) in [5.74, 6) is 0.0179. The zero-order valence-electron chi connectivity index (χ0n) is 17.5. The Morgan fingerprint density at radius 1 is 1.32 bits per heavy atom. The maximum absolute atomic E-state index is 12.9. The van der Waals surface area contributed by atoms with Crippen LogP contribution in [0.25, 0.3) is 10.9 Å². The van der Waals surface area contributed by atoms with E-state index in [-0.39, 0.29) is 17.7 Å². The third kappa shape index (κ3) is 4.23. The van der Waals surface area contributed by atoms with Crippen molar-refractivity contribution >= 4 is 22.5 Å². The lowest BCUT2D eigenvalue weighted by Gasteiger charge is -2.42. The molecule has 0 spiro atoms. The van der Waals surface area contributed by atoms with Gasteiger partial charge in [-0.15, -0.1) is 0 Å². The first-order chi connectivity index (χ1) is 14.7. The molecule has 164 valence electrons. The number of benzene rings is 1. The highest BCUT2D eigenvalue weighted by molar-refractivity contribution is 6.05. The molecule has 0 bridgehead atoms. The lowest BCUT2D eigenvalue weighted by molar-refractivity contribution is -0.0412. The molecule has 0 aliphatic heterocycles. The van der Waals surface area contributed by atoms with Crippen molar-refractivity contribution in [2.24, 2.45) is 5.92 Å². The first kappa shape index (κ1) is 21.2. The van der Waals surface area contributed by atoms with Crippen LogP contribution in [0.3, 0.4) is 0 Å². The predicted octanol–water partition coefficient (Wildman–Crippen LogP) is 4.35. The van der Waals surface area contributed by atoms with Crippen molar-refractivity contribution in [2.45, 2.75) is 44.8 Å². The summed E-state index contributed by atoms with van der Waals surface area (Å²) in [5.41, 5.74) is -0.172. The van der Waals surface area contributed by atoms with Crippen molar-refractivity contribution in [3.8, 4) is 5.75 Å². The van der Waals surface area contributed by atoms with E-state index in [1.165, 1.54) is 25.3 Å². The molecule has 9 heteroatoms. The number of alkyl halides is 2. The molecular weight excluding hydrogens is 406 g/mol. The number of fused-ring (bicyclic) bond motifs is 1. The lowest BCUT2D eigenvalue weighted by Crippen LogP contribution is -2.41. The molecule has 4 rings (SSSR count). The van der Waals surface area contributed by atoms with Crippen LogP contribution in [-0.4, -0.2) is 38.5 Å². The molecule has 1 aliphatic carbocycles. The summed E-state index contributed by atoms with van der Waals surface area (Å²) in [6, 6.07) is 7.57. The third-order valence-electron chi connectivity index (χ3n) is 5.80. The Kier molecular flexibility index (Phi) is 5.38. The summed E-state index contributed by atoms with van der Waals surface area (Å²) < 4.78 is 33.0. The van der Waals surface area contributed by atoms with E-state index in [0.717, 1.165) is 18.2 Å². The summed E-state index contributed by atoms with van der Waals surface area (Å²) in [4.78, 5) is 16.3.